The second-order valence-corrected chi connectivity index (χ2v) is 9.52. The Labute approximate surface area is 191 Å². The van der Waals surface area contributed by atoms with Crippen LogP contribution in [0.3, 0.4) is 0 Å². The van der Waals surface area contributed by atoms with E-state index in [2.05, 4.69) is 5.32 Å². The third kappa shape index (κ3) is 4.93. The Balaban J connectivity index is 1.68. The van der Waals surface area contributed by atoms with E-state index in [4.69, 9.17) is 9.47 Å². The molecule has 3 aromatic rings. The molecular weight excluding hydrogens is 447 g/mol. The standard InChI is InChI=1S/C24H23FN2O5S/c1-16-3-7-19(8-4-16)27(15-24(28)26-21-13-18(25)6-5-17(21)2)33(29,30)20-9-10-22-23(14-20)32-12-11-31-22/h3-10,13-14H,11-12,15H2,1-2H3,(H,26,28). The summed E-state index contributed by atoms with van der Waals surface area (Å²) < 4.78 is 52.8. The number of aryl methyl sites for hydroxylation is 2. The SMILES string of the molecule is Cc1ccc(N(CC(=O)Nc2cc(F)ccc2C)S(=O)(=O)c2ccc3c(c2)OCCO3)cc1. The van der Waals surface area contributed by atoms with Gasteiger partial charge in [-0.3, -0.25) is 9.10 Å². The topological polar surface area (TPSA) is 84.9 Å². The molecule has 0 fully saturated rings. The quantitative estimate of drug-likeness (QED) is 0.588. The van der Waals surface area contributed by atoms with Crippen LogP contribution in [0, 0.1) is 19.7 Å². The van der Waals surface area contributed by atoms with Gasteiger partial charge in [0.1, 0.15) is 25.6 Å². The van der Waals surface area contributed by atoms with E-state index in [9.17, 15) is 17.6 Å². The lowest BCUT2D eigenvalue weighted by atomic mass is 10.2. The van der Waals surface area contributed by atoms with E-state index in [-0.39, 0.29) is 10.6 Å². The summed E-state index contributed by atoms with van der Waals surface area (Å²) >= 11 is 0. The van der Waals surface area contributed by atoms with Gasteiger partial charge in [0.05, 0.1) is 10.6 Å². The summed E-state index contributed by atoms with van der Waals surface area (Å²) in [5, 5.41) is 2.61. The fourth-order valence-corrected chi connectivity index (χ4v) is 4.82. The monoisotopic (exact) mass is 470 g/mol. The molecule has 172 valence electrons. The zero-order chi connectivity index (χ0) is 23.6. The predicted molar refractivity (Wildman–Crippen MR) is 123 cm³/mol. The van der Waals surface area contributed by atoms with Gasteiger partial charge in [-0.1, -0.05) is 23.8 Å². The Morgan fingerprint density at radius 3 is 2.39 bits per heavy atom. The van der Waals surface area contributed by atoms with Gasteiger partial charge >= 0.3 is 0 Å². The van der Waals surface area contributed by atoms with Gasteiger partial charge in [0.15, 0.2) is 11.5 Å². The number of sulfonamides is 1. The van der Waals surface area contributed by atoms with Crippen LogP contribution in [-0.4, -0.2) is 34.1 Å². The first-order chi connectivity index (χ1) is 15.7. The molecule has 0 spiro atoms. The molecule has 7 nitrogen and oxygen atoms in total. The van der Waals surface area contributed by atoms with E-state index in [0.717, 1.165) is 9.87 Å². The first-order valence-corrected chi connectivity index (χ1v) is 11.7. The number of amides is 1. The van der Waals surface area contributed by atoms with Gasteiger partial charge < -0.3 is 14.8 Å². The zero-order valence-electron chi connectivity index (χ0n) is 18.2. The van der Waals surface area contributed by atoms with Gasteiger partial charge in [-0.15, -0.1) is 0 Å². The molecule has 0 atom stereocenters. The lowest BCUT2D eigenvalue weighted by molar-refractivity contribution is -0.114. The second-order valence-electron chi connectivity index (χ2n) is 7.66. The van der Waals surface area contributed by atoms with Crippen molar-refractivity contribution in [2.45, 2.75) is 18.7 Å². The van der Waals surface area contributed by atoms with Gasteiger partial charge in [-0.25, -0.2) is 12.8 Å². The van der Waals surface area contributed by atoms with E-state index in [1.165, 1.54) is 36.4 Å². The van der Waals surface area contributed by atoms with Crippen LogP contribution in [0.25, 0.3) is 0 Å². The molecule has 0 aromatic heterocycles. The number of anilines is 2. The maximum Gasteiger partial charge on any atom is 0.264 e. The molecule has 9 heteroatoms. The van der Waals surface area contributed by atoms with Crippen molar-refractivity contribution in [3.05, 3.63) is 77.6 Å². The number of rotatable bonds is 6. The molecule has 0 radical (unpaired) electrons. The van der Waals surface area contributed by atoms with Gasteiger partial charge in [0.2, 0.25) is 5.91 Å². The highest BCUT2D eigenvalue weighted by molar-refractivity contribution is 7.92. The molecular formula is C24H23FN2O5S. The number of carbonyl (C=O) groups excluding carboxylic acids is 1. The maximum atomic E-state index is 13.6. The highest BCUT2D eigenvalue weighted by atomic mass is 32.2. The van der Waals surface area contributed by atoms with E-state index in [0.29, 0.717) is 36.0 Å². The highest BCUT2D eigenvalue weighted by Gasteiger charge is 2.29. The lowest BCUT2D eigenvalue weighted by Crippen LogP contribution is -2.38. The smallest absolute Gasteiger partial charge is 0.264 e. The minimum atomic E-state index is -4.14. The molecule has 0 saturated heterocycles. The summed E-state index contributed by atoms with van der Waals surface area (Å²) in [6.45, 7) is 3.79. The number of ether oxygens (including phenoxy) is 2. The minimum Gasteiger partial charge on any atom is -0.486 e. The first-order valence-electron chi connectivity index (χ1n) is 10.3. The molecule has 1 heterocycles. The third-order valence-electron chi connectivity index (χ3n) is 5.18. The van der Waals surface area contributed by atoms with Crippen LogP contribution >= 0.6 is 0 Å². The number of nitrogens with zero attached hydrogens (tertiary/aromatic N) is 1. The Morgan fingerprint density at radius 2 is 1.67 bits per heavy atom. The summed E-state index contributed by atoms with van der Waals surface area (Å²) in [4.78, 5) is 12.8. The van der Waals surface area contributed by atoms with Crippen LogP contribution in [0.4, 0.5) is 15.8 Å². The molecule has 3 aromatic carbocycles. The Morgan fingerprint density at radius 1 is 0.970 bits per heavy atom. The highest BCUT2D eigenvalue weighted by Crippen LogP contribution is 2.34. The number of hydrogen-bond acceptors (Lipinski definition) is 5. The third-order valence-corrected chi connectivity index (χ3v) is 6.95. The van der Waals surface area contributed by atoms with Crippen LogP contribution < -0.4 is 19.1 Å². The predicted octanol–water partition coefficient (Wildman–Crippen LogP) is 4.05. The number of nitrogens with one attached hydrogen (secondary N) is 1. The average molecular weight is 471 g/mol. The van der Waals surface area contributed by atoms with E-state index < -0.39 is 28.3 Å². The average Bonchev–Trinajstić information content (AvgIpc) is 2.80. The Bertz CT molecular complexity index is 1290. The first kappa shape index (κ1) is 22.6. The number of fused-ring (bicyclic) bond motifs is 1. The Hall–Kier alpha value is -3.59. The number of carbonyl (C=O) groups is 1. The van der Waals surface area contributed by atoms with Crippen molar-refractivity contribution >= 4 is 27.3 Å². The van der Waals surface area contributed by atoms with Crippen molar-refractivity contribution in [1.29, 1.82) is 0 Å². The lowest BCUT2D eigenvalue weighted by Gasteiger charge is -2.25. The van der Waals surface area contributed by atoms with Crippen molar-refractivity contribution in [3.63, 3.8) is 0 Å². The summed E-state index contributed by atoms with van der Waals surface area (Å²) in [5.74, 6) is -0.326. The molecule has 1 N–H and O–H groups in total. The summed E-state index contributed by atoms with van der Waals surface area (Å²) in [6, 6.07) is 15.1. The van der Waals surface area contributed by atoms with Gasteiger partial charge in [-0.05, 0) is 55.8 Å². The summed E-state index contributed by atoms with van der Waals surface area (Å²) in [5.41, 5.74) is 2.19. The summed E-state index contributed by atoms with van der Waals surface area (Å²) in [6.07, 6.45) is 0. The molecule has 1 amide bonds. The van der Waals surface area contributed by atoms with Crippen LogP contribution in [0.5, 0.6) is 11.5 Å². The van der Waals surface area contributed by atoms with Crippen molar-refractivity contribution < 1.29 is 27.1 Å². The van der Waals surface area contributed by atoms with Crippen molar-refractivity contribution in [2.24, 2.45) is 0 Å². The zero-order valence-corrected chi connectivity index (χ0v) is 19.0. The van der Waals surface area contributed by atoms with Crippen LogP contribution in [0.2, 0.25) is 0 Å². The van der Waals surface area contributed by atoms with Crippen LogP contribution in [0.15, 0.2) is 65.6 Å². The Kier molecular flexibility index (Phi) is 6.24. The van der Waals surface area contributed by atoms with E-state index in [1.807, 2.05) is 6.92 Å². The largest absolute Gasteiger partial charge is 0.486 e. The van der Waals surface area contributed by atoms with Gasteiger partial charge in [-0.2, -0.15) is 0 Å². The minimum absolute atomic E-state index is 0.0398. The molecule has 0 bridgehead atoms. The van der Waals surface area contributed by atoms with Crippen LogP contribution in [-0.2, 0) is 14.8 Å². The van der Waals surface area contributed by atoms with Crippen molar-refractivity contribution in [3.8, 4) is 11.5 Å². The maximum absolute atomic E-state index is 13.6. The molecule has 0 unspecified atom stereocenters. The van der Waals surface area contributed by atoms with Crippen molar-refractivity contribution in [2.75, 3.05) is 29.4 Å². The van der Waals surface area contributed by atoms with Gasteiger partial charge in [0.25, 0.3) is 10.0 Å². The van der Waals surface area contributed by atoms with Crippen LogP contribution in [0.1, 0.15) is 11.1 Å². The fraction of sp³-hybridized carbons (Fsp3) is 0.208. The molecule has 1 aliphatic heterocycles. The second kappa shape index (κ2) is 9.11. The number of halogens is 1. The normalized spacial score (nSPS) is 12.8. The van der Waals surface area contributed by atoms with E-state index >= 15 is 0 Å². The molecule has 1 aliphatic rings. The van der Waals surface area contributed by atoms with E-state index in [1.54, 1.807) is 31.2 Å². The summed E-state index contributed by atoms with van der Waals surface area (Å²) in [7, 11) is -4.14. The molecule has 4 rings (SSSR count). The van der Waals surface area contributed by atoms with Crippen molar-refractivity contribution in [1.82, 2.24) is 0 Å². The molecule has 0 aliphatic carbocycles. The van der Waals surface area contributed by atoms with Gasteiger partial charge in [0, 0.05) is 11.8 Å². The molecule has 33 heavy (non-hydrogen) atoms. The molecule has 0 saturated carbocycles. The number of hydrogen-bond donors (Lipinski definition) is 1. The fourth-order valence-electron chi connectivity index (χ4n) is 3.39. The number of benzene rings is 3.